The van der Waals surface area contributed by atoms with Crippen molar-refractivity contribution in [1.29, 1.82) is 5.41 Å². The maximum atomic E-state index is 11.8. The Balaban J connectivity index is 1.92. The zero-order valence-corrected chi connectivity index (χ0v) is 12.6. The molecule has 0 radical (unpaired) electrons. The molecule has 0 heterocycles. The number of carbonyl (C=O) groups is 1. The average molecular weight is 309 g/mol. The third-order valence-electron chi connectivity index (χ3n) is 3.06. The van der Waals surface area contributed by atoms with E-state index in [0.717, 1.165) is 17.3 Å². The van der Waals surface area contributed by atoms with E-state index in [-0.39, 0.29) is 4.87 Å². The number of nitrogens with zero attached hydrogens (tertiary/aromatic N) is 1. The number of para-hydroxylation sites is 2. The van der Waals surface area contributed by atoms with Crippen molar-refractivity contribution in [3.05, 3.63) is 77.3 Å². The number of rotatable bonds is 6. The molecule has 0 saturated carbocycles. The summed E-state index contributed by atoms with van der Waals surface area (Å²) in [6.07, 6.45) is 2.56. The van der Waals surface area contributed by atoms with E-state index in [0.29, 0.717) is 5.69 Å². The number of hydrogen-bond acceptors (Lipinski definition) is 4. The average Bonchev–Trinajstić information content (AvgIpc) is 2.56. The van der Waals surface area contributed by atoms with Crippen LogP contribution in [-0.2, 0) is 4.79 Å². The second-order valence-corrected chi connectivity index (χ2v) is 4.78. The minimum absolute atomic E-state index is 0.135. The van der Waals surface area contributed by atoms with Gasteiger partial charge >= 0.3 is 5.84 Å². The molecule has 0 fully saturated rings. The number of benzene rings is 2. The molecule has 0 aliphatic carbocycles. The number of aryl methyl sites for hydroxylation is 1. The van der Waals surface area contributed by atoms with E-state index >= 15 is 0 Å². The first-order chi connectivity index (χ1) is 11.1. The van der Waals surface area contributed by atoms with Gasteiger partial charge in [0.1, 0.15) is 0 Å². The van der Waals surface area contributed by atoms with E-state index in [4.69, 9.17) is 5.41 Å². The van der Waals surface area contributed by atoms with Gasteiger partial charge in [0.05, 0.1) is 10.6 Å². The smallest absolute Gasteiger partial charge is 0.361 e. The highest BCUT2D eigenvalue weighted by atomic mass is 16.3. The third-order valence-corrected chi connectivity index (χ3v) is 3.06. The van der Waals surface area contributed by atoms with Crippen molar-refractivity contribution < 1.29 is 9.66 Å². The number of nitrogens with one attached hydrogen (secondary N) is 3. The predicted molar refractivity (Wildman–Crippen MR) is 90.4 cm³/mol. The van der Waals surface area contributed by atoms with Crippen molar-refractivity contribution in [3.8, 4) is 0 Å². The molecule has 2 aromatic carbocycles. The molecule has 0 bridgehead atoms. The predicted octanol–water partition coefficient (Wildman–Crippen LogP) is 3.27. The molecule has 0 aliphatic rings. The summed E-state index contributed by atoms with van der Waals surface area (Å²) >= 11 is 0. The van der Waals surface area contributed by atoms with Gasteiger partial charge in [-0.2, -0.15) is 5.43 Å². The van der Waals surface area contributed by atoms with Crippen molar-refractivity contribution in [2.24, 2.45) is 0 Å². The SMILES string of the molecule is Cc1ccccc1N/C=C\C(=O)C(=N)[N+](=O)Nc1ccccc1. The Hall–Kier alpha value is -3.28. The lowest BCUT2D eigenvalue weighted by atomic mass is 10.2. The molecule has 0 aromatic heterocycles. The summed E-state index contributed by atoms with van der Waals surface area (Å²) in [6, 6.07) is 16.2. The summed E-state index contributed by atoms with van der Waals surface area (Å²) in [5.74, 6) is -1.40. The number of anilines is 2. The summed E-state index contributed by atoms with van der Waals surface area (Å²) in [5.41, 5.74) is 4.80. The standard InChI is InChI=1S/C17H16N4O2/c1-13-7-5-6-10-15(13)19-12-11-16(22)17(18)21(23)20-14-8-3-2-4-9-14/h2-12,18H,1H3,(H-,19,20,22,23)/p+1. The normalized spacial score (nSPS) is 10.3. The van der Waals surface area contributed by atoms with Crippen molar-refractivity contribution in [2.45, 2.75) is 6.92 Å². The number of ketones is 1. The van der Waals surface area contributed by atoms with Crippen LogP contribution in [0.4, 0.5) is 11.4 Å². The first-order valence-electron chi connectivity index (χ1n) is 6.98. The van der Waals surface area contributed by atoms with Gasteiger partial charge in [0.25, 0.3) is 5.78 Å². The largest absolute Gasteiger partial charge is 0.428 e. The zero-order valence-electron chi connectivity index (χ0n) is 12.6. The van der Waals surface area contributed by atoms with E-state index in [1.807, 2.05) is 31.2 Å². The molecule has 116 valence electrons. The Morgan fingerprint density at radius 2 is 1.74 bits per heavy atom. The summed E-state index contributed by atoms with van der Waals surface area (Å²) in [4.78, 5) is 23.7. The van der Waals surface area contributed by atoms with Gasteiger partial charge < -0.3 is 5.32 Å². The minimum Gasteiger partial charge on any atom is -0.361 e. The fourth-order valence-electron chi connectivity index (χ4n) is 1.81. The fourth-order valence-corrected chi connectivity index (χ4v) is 1.81. The van der Waals surface area contributed by atoms with Crippen LogP contribution in [0.3, 0.4) is 0 Å². The monoisotopic (exact) mass is 309 g/mol. The molecular weight excluding hydrogens is 292 g/mol. The van der Waals surface area contributed by atoms with Crippen LogP contribution in [0.2, 0.25) is 0 Å². The second kappa shape index (κ2) is 7.65. The minimum atomic E-state index is -0.704. The van der Waals surface area contributed by atoms with Crippen LogP contribution in [0.25, 0.3) is 0 Å². The van der Waals surface area contributed by atoms with Gasteiger partial charge in [-0.3, -0.25) is 4.79 Å². The Bertz CT molecular complexity index is 754. The molecule has 0 spiro atoms. The molecule has 3 N–H and O–H groups in total. The Labute approximate surface area is 133 Å². The van der Waals surface area contributed by atoms with Crippen molar-refractivity contribution in [2.75, 3.05) is 10.7 Å². The van der Waals surface area contributed by atoms with Gasteiger partial charge in [-0.05, 0) is 35.6 Å². The van der Waals surface area contributed by atoms with Crippen LogP contribution in [0.5, 0.6) is 0 Å². The van der Waals surface area contributed by atoms with Crippen LogP contribution >= 0.6 is 0 Å². The highest BCUT2D eigenvalue weighted by Crippen LogP contribution is 2.12. The van der Waals surface area contributed by atoms with E-state index in [1.54, 1.807) is 30.3 Å². The topological polar surface area (TPSA) is 85.1 Å². The van der Waals surface area contributed by atoms with Gasteiger partial charge in [-0.1, -0.05) is 41.8 Å². The molecule has 0 atom stereocenters. The van der Waals surface area contributed by atoms with Gasteiger partial charge in [0.2, 0.25) is 0 Å². The highest BCUT2D eigenvalue weighted by Gasteiger charge is 2.23. The van der Waals surface area contributed by atoms with Crippen molar-refractivity contribution in [1.82, 2.24) is 0 Å². The van der Waals surface area contributed by atoms with E-state index in [2.05, 4.69) is 10.7 Å². The van der Waals surface area contributed by atoms with Crippen LogP contribution in [0.1, 0.15) is 5.56 Å². The Kier molecular flexibility index (Phi) is 5.35. The summed E-state index contributed by atoms with van der Waals surface area (Å²) < 4.78 is 0. The molecule has 6 heteroatoms. The number of nitroso groups, excluding NO2 is 1. The molecule has 23 heavy (non-hydrogen) atoms. The van der Waals surface area contributed by atoms with Crippen LogP contribution < -0.4 is 10.7 Å². The lowest BCUT2D eigenvalue weighted by Crippen LogP contribution is -2.29. The van der Waals surface area contributed by atoms with Gasteiger partial charge in [-0.15, -0.1) is 0 Å². The number of hydrazine groups is 1. The molecule has 6 nitrogen and oxygen atoms in total. The molecule has 0 saturated heterocycles. The third kappa shape index (κ3) is 4.60. The van der Waals surface area contributed by atoms with E-state index in [9.17, 15) is 9.70 Å². The number of hydrogen-bond donors (Lipinski definition) is 3. The molecule has 0 aliphatic heterocycles. The van der Waals surface area contributed by atoms with Gasteiger partial charge in [-0.25, -0.2) is 0 Å². The lowest BCUT2D eigenvalue weighted by molar-refractivity contribution is -0.393. The fraction of sp³-hybridized carbons (Fsp3) is 0.0588. The summed E-state index contributed by atoms with van der Waals surface area (Å²) in [6.45, 7) is 1.93. The quantitative estimate of drug-likeness (QED) is 0.251. The van der Waals surface area contributed by atoms with Crippen LogP contribution in [0, 0.1) is 17.2 Å². The van der Waals surface area contributed by atoms with E-state index < -0.39 is 11.6 Å². The van der Waals surface area contributed by atoms with Crippen LogP contribution in [0.15, 0.2) is 66.9 Å². The number of amidine groups is 1. The molecule has 2 aromatic rings. The highest BCUT2D eigenvalue weighted by molar-refractivity contribution is 6.38. The molecule has 0 unspecified atom stereocenters. The van der Waals surface area contributed by atoms with Crippen LogP contribution in [-0.4, -0.2) is 16.5 Å². The first-order valence-corrected chi connectivity index (χ1v) is 6.98. The first kappa shape index (κ1) is 16.1. The maximum absolute atomic E-state index is 11.8. The Morgan fingerprint density at radius 3 is 2.43 bits per heavy atom. The van der Waals surface area contributed by atoms with Crippen molar-refractivity contribution >= 4 is 23.0 Å². The number of carbonyl (C=O) groups excluding carboxylic acids is 1. The zero-order chi connectivity index (χ0) is 16.7. The van der Waals surface area contributed by atoms with E-state index in [1.165, 1.54) is 6.20 Å². The lowest BCUT2D eigenvalue weighted by Gasteiger charge is -2.03. The Morgan fingerprint density at radius 1 is 1.09 bits per heavy atom. The van der Waals surface area contributed by atoms with Gasteiger partial charge in [0, 0.05) is 18.0 Å². The summed E-state index contributed by atoms with van der Waals surface area (Å²) in [5, 5.41) is 10.5. The molecular formula is C17H17N4O2+. The maximum Gasteiger partial charge on any atom is 0.428 e. The molecule has 0 amide bonds. The molecule has 2 rings (SSSR count). The second-order valence-electron chi connectivity index (χ2n) is 4.78. The van der Waals surface area contributed by atoms with Gasteiger partial charge in [0.15, 0.2) is 0 Å². The summed E-state index contributed by atoms with van der Waals surface area (Å²) in [7, 11) is 0. The van der Waals surface area contributed by atoms with Crippen molar-refractivity contribution in [3.63, 3.8) is 0 Å².